The second kappa shape index (κ2) is 6.26. The third kappa shape index (κ3) is 3.58. The van der Waals surface area contributed by atoms with E-state index in [1.807, 2.05) is 0 Å². The number of alkyl halides is 3. The number of aliphatic carboxylic acids is 1. The third-order valence-electron chi connectivity index (χ3n) is 4.04. The molecule has 1 aromatic rings. The van der Waals surface area contributed by atoms with Gasteiger partial charge in [0.25, 0.3) is 5.69 Å². The zero-order valence-corrected chi connectivity index (χ0v) is 13.5. The maximum atomic E-state index is 13.0. The van der Waals surface area contributed by atoms with Crippen LogP contribution in [0.2, 0.25) is 0 Å². The van der Waals surface area contributed by atoms with Crippen LogP contribution in [0.4, 0.5) is 18.9 Å². The van der Waals surface area contributed by atoms with Gasteiger partial charge in [0.15, 0.2) is 0 Å². The molecule has 1 heterocycles. The number of rotatable bonds is 4. The summed E-state index contributed by atoms with van der Waals surface area (Å²) in [4.78, 5) is 20.6. The summed E-state index contributed by atoms with van der Waals surface area (Å²) in [6.07, 6.45) is -4.88. The summed E-state index contributed by atoms with van der Waals surface area (Å²) in [5.74, 6) is -6.04. The Balaban J connectivity index is 2.43. The second-order valence-electron chi connectivity index (χ2n) is 5.62. The number of nitrogens with zero attached hydrogens (tertiary/aromatic N) is 2. The van der Waals surface area contributed by atoms with Gasteiger partial charge in [-0.2, -0.15) is 17.5 Å². The Morgan fingerprint density at radius 1 is 1.36 bits per heavy atom. The molecule has 1 saturated heterocycles. The highest BCUT2D eigenvalue weighted by Gasteiger charge is 2.55. The molecule has 1 aromatic carbocycles. The molecule has 25 heavy (non-hydrogen) atoms. The Kier molecular flexibility index (Phi) is 4.79. The molecular formula is C13H13F3N2O6S. The number of carbonyl (C=O) groups is 1. The van der Waals surface area contributed by atoms with Crippen molar-refractivity contribution in [3.63, 3.8) is 0 Å². The van der Waals surface area contributed by atoms with Crippen molar-refractivity contribution >= 4 is 21.7 Å². The van der Waals surface area contributed by atoms with Crippen molar-refractivity contribution in [3.8, 4) is 0 Å². The molecule has 1 N–H and O–H groups in total. The number of nitro benzene ring substituents is 1. The predicted octanol–water partition coefficient (Wildman–Crippen LogP) is 1.79. The van der Waals surface area contributed by atoms with Crippen LogP contribution in [0, 0.1) is 28.9 Å². The summed E-state index contributed by atoms with van der Waals surface area (Å²) in [7, 11) is -4.51. The van der Waals surface area contributed by atoms with Crippen LogP contribution >= 0.6 is 0 Å². The molecule has 2 atom stereocenters. The van der Waals surface area contributed by atoms with E-state index < -0.39 is 62.6 Å². The summed E-state index contributed by atoms with van der Waals surface area (Å²) >= 11 is 0. The Morgan fingerprint density at radius 2 is 1.96 bits per heavy atom. The molecule has 0 amide bonds. The van der Waals surface area contributed by atoms with Crippen LogP contribution in [0.5, 0.6) is 0 Å². The average Bonchev–Trinajstić information content (AvgIpc) is 2.93. The van der Waals surface area contributed by atoms with Crippen LogP contribution in [0.3, 0.4) is 0 Å². The van der Waals surface area contributed by atoms with Crippen molar-refractivity contribution in [1.29, 1.82) is 0 Å². The van der Waals surface area contributed by atoms with Crippen molar-refractivity contribution in [1.82, 2.24) is 4.31 Å². The van der Waals surface area contributed by atoms with E-state index in [0.29, 0.717) is 4.31 Å². The predicted molar refractivity (Wildman–Crippen MR) is 77.3 cm³/mol. The van der Waals surface area contributed by atoms with Crippen molar-refractivity contribution in [2.45, 2.75) is 18.0 Å². The number of hydrogen-bond donors (Lipinski definition) is 1. The van der Waals surface area contributed by atoms with Gasteiger partial charge in [-0.25, -0.2) is 8.42 Å². The van der Waals surface area contributed by atoms with Crippen LogP contribution in [-0.2, 0) is 14.8 Å². The van der Waals surface area contributed by atoms with Gasteiger partial charge >= 0.3 is 12.1 Å². The normalized spacial score (nSPS) is 22.1. The molecule has 1 fully saturated rings. The number of halogens is 3. The first-order chi connectivity index (χ1) is 11.4. The Bertz CT molecular complexity index is 824. The number of carboxylic acid groups (broad SMARTS) is 1. The lowest BCUT2D eigenvalue weighted by Gasteiger charge is -2.18. The van der Waals surface area contributed by atoms with Gasteiger partial charge in [-0.3, -0.25) is 14.9 Å². The van der Waals surface area contributed by atoms with Gasteiger partial charge in [0, 0.05) is 24.7 Å². The van der Waals surface area contributed by atoms with E-state index in [1.165, 1.54) is 6.92 Å². The van der Waals surface area contributed by atoms with Gasteiger partial charge in [-0.15, -0.1) is 0 Å². The van der Waals surface area contributed by atoms with E-state index in [-0.39, 0.29) is 5.56 Å². The summed E-state index contributed by atoms with van der Waals surface area (Å²) in [6, 6.07) is 2.95. The summed E-state index contributed by atoms with van der Waals surface area (Å²) in [5.41, 5.74) is -0.315. The average molecular weight is 382 g/mol. The van der Waals surface area contributed by atoms with Gasteiger partial charge in [-0.1, -0.05) is 6.07 Å². The van der Waals surface area contributed by atoms with Gasteiger partial charge in [0.2, 0.25) is 10.0 Å². The maximum Gasteiger partial charge on any atom is 0.393 e. The van der Waals surface area contributed by atoms with Crippen LogP contribution in [0.15, 0.2) is 23.1 Å². The highest BCUT2D eigenvalue weighted by atomic mass is 32.2. The van der Waals surface area contributed by atoms with E-state index >= 15 is 0 Å². The van der Waals surface area contributed by atoms with Gasteiger partial charge in [0.05, 0.1) is 21.7 Å². The smallest absolute Gasteiger partial charge is 0.393 e. The van der Waals surface area contributed by atoms with Crippen LogP contribution in [0.25, 0.3) is 0 Å². The minimum Gasteiger partial charge on any atom is -0.481 e. The fourth-order valence-electron chi connectivity index (χ4n) is 2.64. The number of carboxylic acids is 1. The molecule has 0 aromatic heterocycles. The Morgan fingerprint density at radius 3 is 2.40 bits per heavy atom. The Labute approximate surface area is 140 Å². The van der Waals surface area contributed by atoms with Crippen LogP contribution in [-0.4, -0.2) is 48.0 Å². The largest absolute Gasteiger partial charge is 0.481 e. The molecule has 0 bridgehead atoms. The minimum atomic E-state index is -4.88. The zero-order chi connectivity index (χ0) is 19.2. The highest BCUT2D eigenvalue weighted by molar-refractivity contribution is 7.89. The van der Waals surface area contributed by atoms with Gasteiger partial charge in [0.1, 0.15) is 0 Å². The summed E-state index contributed by atoms with van der Waals surface area (Å²) in [5, 5.41) is 19.9. The van der Waals surface area contributed by atoms with Crippen LogP contribution < -0.4 is 0 Å². The molecule has 0 radical (unpaired) electrons. The minimum absolute atomic E-state index is 0.182. The number of sulfonamides is 1. The first-order valence-corrected chi connectivity index (χ1v) is 8.34. The molecule has 8 nitrogen and oxygen atoms in total. The maximum absolute atomic E-state index is 13.0. The van der Waals surface area contributed by atoms with Crippen molar-refractivity contribution in [2.24, 2.45) is 11.8 Å². The second-order valence-corrected chi connectivity index (χ2v) is 7.56. The molecule has 138 valence electrons. The fourth-order valence-corrected chi connectivity index (χ4v) is 4.15. The summed E-state index contributed by atoms with van der Waals surface area (Å²) < 4.78 is 64.4. The lowest BCUT2D eigenvalue weighted by Crippen LogP contribution is -2.34. The van der Waals surface area contributed by atoms with E-state index in [0.717, 1.165) is 18.2 Å². The molecule has 12 heteroatoms. The molecule has 0 aliphatic carbocycles. The quantitative estimate of drug-likeness (QED) is 0.627. The molecule has 2 rings (SSSR count). The molecule has 0 unspecified atom stereocenters. The topological polar surface area (TPSA) is 118 Å². The molecule has 0 spiro atoms. The van der Waals surface area contributed by atoms with Crippen molar-refractivity contribution < 1.29 is 36.4 Å². The Hall–Kier alpha value is -2.21. The zero-order valence-electron chi connectivity index (χ0n) is 12.7. The van der Waals surface area contributed by atoms with E-state index in [4.69, 9.17) is 5.11 Å². The number of benzene rings is 1. The highest BCUT2D eigenvalue weighted by Crippen LogP contribution is 2.40. The molecule has 1 aliphatic rings. The monoisotopic (exact) mass is 382 g/mol. The molecular weight excluding hydrogens is 369 g/mol. The molecule has 1 aliphatic heterocycles. The van der Waals surface area contributed by atoms with E-state index in [9.17, 15) is 36.5 Å². The lowest BCUT2D eigenvalue weighted by atomic mass is 9.96. The van der Waals surface area contributed by atoms with E-state index in [2.05, 4.69) is 0 Å². The van der Waals surface area contributed by atoms with Gasteiger partial charge in [-0.05, 0) is 13.0 Å². The van der Waals surface area contributed by atoms with Crippen molar-refractivity contribution in [2.75, 3.05) is 13.1 Å². The fraction of sp³-hybridized carbons (Fsp3) is 0.462. The first kappa shape index (κ1) is 19.1. The lowest BCUT2D eigenvalue weighted by molar-refractivity contribution is -0.385. The number of hydrogen-bond acceptors (Lipinski definition) is 5. The van der Waals surface area contributed by atoms with Crippen molar-refractivity contribution in [3.05, 3.63) is 33.9 Å². The number of aryl methyl sites for hydroxylation is 1. The first-order valence-electron chi connectivity index (χ1n) is 6.90. The van der Waals surface area contributed by atoms with Gasteiger partial charge < -0.3 is 5.11 Å². The van der Waals surface area contributed by atoms with Crippen LogP contribution in [0.1, 0.15) is 5.56 Å². The third-order valence-corrected chi connectivity index (χ3v) is 5.87. The summed E-state index contributed by atoms with van der Waals surface area (Å²) in [6.45, 7) is -0.529. The SMILES string of the molecule is Cc1ccc(S(=O)(=O)N2C[C@@H](C(F)(F)F)[C@H](C(=O)O)C2)cc1[N+](=O)[O-]. The van der Waals surface area contributed by atoms with E-state index in [1.54, 1.807) is 0 Å². The molecule has 0 saturated carbocycles. The number of nitro groups is 1. The standard InChI is InChI=1S/C13H13F3N2O6S/c1-7-2-3-8(4-11(7)18(21)22)25(23,24)17-5-9(12(19)20)10(6-17)13(14,15)16/h2-4,9-10H,5-6H2,1H3,(H,19,20)/t9-,10-/m1/s1.